The van der Waals surface area contributed by atoms with Gasteiger partial charge in [-0.25, -0.2) is 0 Å². The number of hydrogen-bond donors (Lipinski definition) is 13. The van der Waals surface area contributed by atoms with Crippen molar-refractivity contribution >= 4 is 70.0 Å². The number of nitrogens with one attached hydrogen (secondary N) is 10. The monoisotopic (exact) mass is 1040 g/mol. The summed E-state index contributed by atoms with van der Waals surface area (Å²) in [5, 5.41) is 44.0. The minimum absolute atomic E-state index is 0.120. The van der Waals surface area contributed by atoms with Gasteiger partial charge < -0.3 is 68.8 Å². The number of benzene rings is 1. The Kier molecular flexibility index (Phi) is 25.2. The fourth-order valence-electron chi connectivity index (χ4n) is 7.66. The van der Waals surface area contributed by atoms with Crippen LogP contribution in [0.4, 0.5) is 0 Å². The average molecular weight is 1040 g/mol. The highest BCUT2D eigenvalue weighted by molar-refractivity contribution is 5.97. The Morgan fingerprint density at radius 2 is 0.946 bits per heavy atom. The molecule has 1 aromatic heterocycles. The first-order chi connectivity index (χ1) is 34.4. The van der Waals surface area contributed by atoms with Crippen molar-refractivity contribution in [2.75, 3.05) is 6.54 Å². The Labute approximate surface area is 434 Å². The van der Waals surface area contributed by atoms with Gasteiger partial charge in [-0.3, -0.25) is 47.9 Å². The Morgan fingerprint density at radius 3 is 1.42 bits per heavy atom. The molecule has 0 aliphatic rings. The summed E-state index contributed by atoms with van der Waals surface area (Å²) in [6, 6.07) is -3.12. The second-order valence-corrected chi connectivity index (χ2v) is 21.0. The second-order valence-electron chi connectivity index (χ2n) is 21.0. The predicted molar refractivity (Wildman–Crippen MR) is 277 cm³/mol. The molecule has 2 rings (SSSR count). The van der Waals surface area contributed by atoms with Crippen LogP contribution < -0.4 is 53.6 Å². The number of para-hydroxylation sites is 1. The van der Waals surface area contributed by atoms with Crippen LogP contribution in [0.5, 0.6) is 0 Å². The number of aliphatic hydroxyl groups excluding tert-OH is 1. The molecule has 0 spiro atoms. The number of hydrogen-bond acceptors (Lipinski definition) is 12. The summed E-state index contributed by atoms with van der Waals surface area (Å²) < 4.78 is 0. The summed E-state index contributed by atoms with van der Waals surface area (Å²) in [6.07, 6.45) is 0.681. The zero-order chi connectivity index (χ0) is 56.5. The molecule has 0 bridgehead atoms. The van der Waals surface area contributed by atoms with Gasteiger partial charge in [-0.15, -0.1) is 0 Å². The van der Waals surface area contributed by atoms with Gasteiger partial charge in [0, 0.05) is 23.6 Å². The summed E-state index contributed by atoms with van der Waals surface area (Å²) in [6.45, 7) is 22.1. The van der Waals surface area contributed by atoms with Gasteiger partial charge in [0.25, 0.3) is 0 Å². The molecule has 0 saturated carbocycles. The molecular weight excluding hydrogens is 959 g/mol. The smallest absolute Gasteiger partial charge is 0.325 e. The Hall–Kier alpha value is -6.62. The second kappa shape index (κ2) is 29.3. The lowest BCUT2D eigenvalue weighted by molar-refractivity contribution is -0.142. The zero-order valence-electron chi connectivity index (χ0n) is 45.3. The minimum Gasteiger partial charge on any atom is -0.480 e. The van der Waals surface area contributed by atoms with Gasteiger partial charge in [0.15, 0.2) is 0 Å². The molecule has 0 saturated heterocycles. The lowest BCUT2D eigenvalue weighted by atomic mass is 9.98. The highest BCUT2D eigenvalue weighted by atomic mass is 16.4. The predicted octanol–water partition coefficient (Wildman–Crippen LogP) is -0.156. The molecule has 1 heterocycles. The number of fused-ring (bicyclic) bond motifs is 1. The summed E-state index contributed by atoms with van der Waals surface area (Å²) >= 11 is 0. The van der Waals surface area contributed by atoms with Crippen LogP contribution in [-0.4, -0.2) is 141 Å². The van der Waals surface area contributed by atoms with Crippen LogP contribution in [0.25, 0.3) is 10.9 Å². The molecule has 9 amide bonds. The molecule has 414 valence electrons. The molecule has 74 heavy (non-hydrogen) atoms. The molecule has 23 heteroatoms. The first kappa shape index (κ1) is 63.5. The van der Waals surface area contributed by atoms with E-state index in [1.54, 1.807) is 61.6 Å². The van der Waals surface area contributed by atoms with E-state index in [1.165, 1.54) is 27.7 Å². The van der Waals surface area contributed by atoms with Crippen molar-refractivity contribution in [3.8, 4) is 0 Å². The van der Waals surface area contributed by atoms with E-state index in [0.717, 1.165) is 16.5 Å². The fraction of sp³-hybridized carbons (Fsp3) is 0.647. The third-order valence-corrected chi connectivity index (χ3v) is 12.4. The summed E-state index contributed by atoms with van der Waals surface area (Å²) in [4.78, 5) is 135. The van der Waals surface area contributed by atoms with E-state index in [9.17, 15) is 58.2 Å². The first-order valence-electron chi connectivity index (χ1n) is 25.3. The average Bonchev–Trinajstić information content (AvgIpc) is 3.72. The van der Waals surface area contributed by atoms with Gasteiger partial charge in [-0.05, 0) is 74.8 Å². The Bertz CT molecular complexity index is 2280. The highest BCUT2D eigenvalue weighted by Gasteiger charge is 2.36. The van der Waals surface area contributed by atoms with Crippen molar-refractivity contribution in [1.29, 1.82) is 0 Å². The minimum atomic E-state index is -1.53. The van der Waals surface area contributed by atoms with E-state index in [2.05, 4.69) is 52.8 Å². The van der Waals surface area contributed by atoms with Gasteiger partial charge in [0.05, 0.1) is 18.1 Å². The molecule has 1 aromatic carbocycles. The number of rotatable bonds is 29. The first-order valence-corrected chi connectivity index (χ1v) is 25.3. The van der Waals surface area contributed by atoms with E-state index in [4.69, 9.17) is 5.73 Å². The number of aliphatic carboxylic acids is 1. The Balaban J connectivity index is 2.08. The maximum Gasteiger partial charge on any atom is 0.325 e. The molecule has 11 atom stereocenters. The number of carboxylic acid groups (broad SMARTS) is 1. The molecule has 0 aliphatic heterocycles. The van der Waals surface area contributed by atoms with Gasteiger partial charge >= 0.3 is 5.97 Å². The van der Waals surface area contributed by atoms with Crippen LogP contribution in [0.1, 0.15) is 109 Å². The number of amides is 9. The number of carboxylic acids is 1. The summed E-state index contributed by atoms with van der Waals surface area (Å²) in [5.41, 5.74) is 8.01. The van der Waals surface area contributed by atoms with Crippen LogP contribution in [0.2, 0.25) is 0 Å². The molecule has 14 N–H and O–H groups in total. The SMILES string of the molecule is CC(C)C[C@@H](NC(=O)[C@@H](C)CNC(=O)[C@@H](NC(=O)[C@@H](NC(=O)[C@H](NC(=O)[C@@H](N)Cc1c[nH]c2ccccc12)C(C)C)C(C)C)[C@@H](C)O)C(=O)N[C@H](C(=O)N[C@H](C)C(=O)N[C@H](C(=O)N[C@H](C)C(=O)O)C(C)C)C(C)C. The van der Waals surface area contributed by atoms with Gasteiger partial charge in [-0.2, -0.15) is 0 Å². The van der Waals surface area contributed by atoms with E-state index < -0.39 is 149 Å². The molecule has 0 unspecified atom stereocenters. The lowest BCUT2D eigenvalue weighted by Crippen LogP contribution is -2.61. The quantitative estimate of drug-likeness (QED) is 0.0505. The number of carbonyl (C=O) groups is 10. The van der Waals surface area contributed by atoms with Gasteiger partial charge in [0.2, 0.25) is 53.2 Å². The largest absolute Gasteiger partial charge is 0.480 e. The van der Waals surface area contributed by atoms with E-state index >= 15 is 0 Å². The van der Waals surface area contributed by atoms with Gasteiger partial charge in [0.1, 0.15) is 48.3 Å². The highest BCUT2D eigenvalue weighted by Crippen LogP contribution is 2.19. The van der Waals surface area contributed by atoms with Crippen molar-refractivity contribution in [1.82, 2.24) is 52.8 Å². The van der Waals surface area contributed by atoms with Crippen LogP contribution in [0, 0.1) is 35.5 Å². The van der Waals surface area contributed by atoms with Crippen LogP contribution in [0.3, 0.4) is 0 Å². The van der Waals surface area contributed by atoms with Crippen LogP contribution in [0.15, 0.2) is 30.5 Å². The van der Waals surface area contributed by atoms with E-state index in [0.29, 0.717) is 0 Å². The number of carbonyl (C=O) groups excluding carboxylic acids is 9. The maximum atomic E-state index is 13.8. The number of nitrogens with two attached hydrogens (primary N) is 1. The summed E-state index contributed by atoms with van der Waals surface area (Å²) in [5.74, 6) is -10.7. The molecule has 0 aliphatic carbocycles. The van der Waals surface area contributed by atoms with Crippen LogP contribution in [-0.2, 0) is 54.4 Å². The fourth-order valence-corrected chi connectivity index (χ4v) is 7.66. The van der Waals surface area contributed by atoms with Crippen molar-refractivity contribution in [2.24, 2.45) is 41.2 Å². The zero-order valence-corrected chi connectivity index (χ0v) is 45.3. The standard InChI is InChI=1S/C51H83N11O12/c1-23(2)19-36(45(67)60-38(25(5)6)47(69)55-29(12)43(65)58-37(24(3)4)48(70)56-30(13)51(73)74)57-42(64)28(11)21-54-46(68)41(31(14)63)62-50(72)40(27(9)10)61-49(71)39(26(7)8)59-44(66)34(52)20-32-22-53-35-18-16-15-17-33(32)35/h15-18,22-31,34,36-41,53,63H,19-21,52H2,1-14H3,(H,54,68)(H,55,69)(H,56,70)(H,57,64)(H,58,65)(H,59,66)(H,60,67)(H,61,71)(H,62,72)(H,73,74)/t28-,29+,30+,31+,34-,36+,37-,38-,39+,40-,41-/m0/s1. The number of H-pyrrole nitrogens is 1. The van der Waals surface area contributed by atoms with E-state index in [-0.39, 0.29) is 25.3 Å². The van der Waals surface area contributed by atoms with Gasteiger partial charge in [-0.1, -0.05) is 94.4 Å². The number of aliphatic hydroxyl groups is 1. The molecule has 0 fully saturated rings. The molecule has 2 aromatic rings. The van der Waals surface area contributed by atoms with Crippen LogP contribution >= 0.6 is 0 Å². The summed E-state index contributed by atoms with van der Waals surface area (Å²) in [7, 11) is 0. The third kappa shape index (κ3) is 19.3. The van der Waals surface area contributed by atoms with Crippen molar-refractivity contribution in [3.63, 3.8) is 0 Å². The molecule has 0 radical (unpaired) electrons. The lowest BCUT2D eigenvalue weighted by Gasteiger charge is -2.29. The third-order valence-electron chi connectivity index (χ3n) is 12.4. The molecule has 23 nitrogen and oxygen atoms in total. The topological polar surface area (TPSA) is 361 Å². The van der Waals surface area contributed by atoms with E-state index in [1.807, 2.05) is 38.1 Å². The van der Waals surface area contributed by atoms with Crippen molar-refractivity contribution in [2.45, 2.75) is 170 Å². The van der Waals surface area contributed by atoms with Crippen molar-refractivity contribution < 1.29 is 58.2 Å². The number of aromatic amines is 1. The number of aromatic nitrogens is 1. The molecular formula is C51H83N11O12. The van der Waals surface area contributed by atoms with Crippen molar-refractivity contribution in [3.05, 3.63) is 36.0 Å². The normalized spacial score (nSPS) is 16.1. The Morgan fingerprint density at radius 1 is 0.514 bits per heavy atom. The maximum absolute atomic E-state index is 13.8.